The molecular formula is C41H80N4O2. The summed E-state index contributed by atoms with van der Waals surface area (Å²) in [5.74, 6) is -0.274. The molecule has 276 valence electrons. The van der Waals surface area contributed by atoms with Crippen LogP contribution in [0.25, 0.3) is 0 Å². The van der Waals surface area contributed by atoms with Crippen LogP contribution in [0.3, 0.4) is 0 Å². The Morgan fingerprint density at radius 1 is 0.362 bits per heavy atom. The van der Waals surface area contributed by atoms with Gasteiger partial charge in [0.15, 0.2) is 0 Å². The Bertz CT molecular complexity index is 652. The predicted molar refractivity (Wildman–Crippen MR) is 206 cm³/mol. The molecule has 0 aromatic rings. The van der Waals surface area contributed by atoms with Crippen LogP contribution in [0.4, 0.5) is 0 Å². The minimum absolute atomic E-state index is 0.137. The minimum atomic E-state index is -0.137. The van der Waals surface area contributed by atoms with Gasteiger partial charge in [0.1, 0.15) is 0 Å². The fourth-order valence-corrected chi connectivity index (χ4v) is 6.10. The summed E-state index contributed by atoms with van der Waals surface area (Å²) in [7, 11) is 0. The van der Waals surface area contributed by atoms with Crippen LogP contribution in [0.15, 0.2) is 10.2 Å². The van der Waals surface area contributed by atoms with E-state index >= 15 is 0 Å². The molecule has 0 fully saturated rings. The summed E-state index contributed by atoms with van der Waals surface area (Å²) in [5.41, 5.74) is 5.17. The van der Waals surface area contributed by atoms with Gasteiger partial charge in [-0.1, -0.05) is 194 Å². The van der Waals surface area contributed by atoms with E-state index in [0.717, 1.165) is 25.7 Å². The van der Waals surface area contributed by atoms with E-state index in [1.807, 2.05) is 0 Å². The normalized spacial score (nSPS) is 11.6. The van der Waals surface area contributed by atoms with Gasteiger partial charge < -0.3 is 0 Å². The van der Waals surface area contributed by atoms with E-state index in [1.165, 1.54) is 180 Å². The molecule has 0 aliphatic rings. The standard InChI is InChI=1S/C41H80N4O2/c1-3-5-7-9-11-13-15-17-19-21-23-25-27-29-31-33-38-42-44-40(46)36-35-37-41(47)45-43-39-34-32-30-28-26-24-22-20-18-16-14-12-10-8-6-4-2/h38-39H,3-37H2,1-2H3,(H,44,46)(H,45,47)/b42-38-,43-39-. The molecule has 0 bridgehead atoms. The highest BCUT2D eigenvalue weighted by atomic mass is 16.2. The third kappa shape index (κ3) is 40.4. The van der Waals surface area contributed by atoms with Crippen LogP contribution in [0.5, 0.6) is 0 Å². The summed E-state index contributed by atoms with van der Waals surface area (Å²) in [6.07, 6.45) is 47.4. The van der Waals surface area contributed by atoms with Crippen molar-refractivity contribution in [3.8, 4) is 0 Å². The first-order chi connectivity index (χ1) is 23.2. The van der Waals surface area contributed by atoms with Gasteiger partial charge in [0, 0.05) is 25.3 Å². The van der Waals surface area contributed by atoms with Gasteiger partial charge in [0.2, 0.25) is 11.8 Å². The average molecular weight is 661 g/mol. The monoisotopic (exact) mass is 661 g/mol. The number of carbonyl (C=O) groups is 2. The van der Waals surface area contributed by atoms with Crippen molar-refractivity contribution in [1.82, 2.24) is 10.9 Å². The van der Waals surface area contributed by atoms with Gasteiger partial charge in [0.05, 0.1) is 0 Å². The largest absolute Gasteiger partial charge is 0.273 e. The van der Waals surface area contributed by atoms with E-state index < -0.39 is 0 Å². The lowest BCUT2D eigenvalue weighted by molar-refractivity contribution is -0.122. The molecule has 0 heterocycles. The lowest BCUT2D eigenvalue weighted by Crippen LogP contribution is -2.20. The molecule has 2 N–H and O–H groups in total. The number of rotatable bonds is 38. The van der Waals surface area contributed by atoms with Crippen molar-refractivity contribution >= 4 is 24.2 Å². The Labute approximate surface area is 292 Å². The molecule has 0 aromatic heterocycles. The topological polar surface area (TPSA) is 82.9 Å². The molecule has 0 saturated carbocycles. The molecule has 0 aromatic carbocycles. The van der Waals surface area contributed by atoms with Crippen LogP contribution in [0.1, 0.15) is 239 Å². The molecule has 0 saturated heterocycles. The average Bonchev–Trinajstić information content (AvgIpc) is 3.07. The Balaban J connectivity index is 3.36. The van der Waals surface area contributed by atoms with E-state index in [1.54, 1.807) is 12.4 Å². The van der Waals surface area contributed by atoms with Crippen LogP contribution >= 0.6 is 0 Å². The summed E-state index contributed by atoms with van der Waals surface area (Å²) in [4.78, 5) is 23.9. The minimum Gasteiger partial charge on any atom is -0.273 e. The Morgan fingerprint density at radius 2 is 0.596 bits per heavy atom. The summed E-state index contributed by atoms with van der Waals surface area (Å²) < 4.78 is 0. The Morgan fingerprint density at radius 3 is 0.851 bits per heavy atom. The van der Waals surface area contributed by atoms with Gasteiger partial charge in [-0.25, -0.2) is 10.9 Å². The van der Waals surface area contributed by atoms with E-state index in [2.05, 4.69) is 34.9 Å². The lowest BCUT2D eigenvalue weighted by Gasteiger charge is -2.03. The second-order valence-electron chi connectivity index (χ2n) is 14.0. The molecule has 0 radical (unpaired) electrons. The van der Waals surface area contributed by atoms with E-state index in [9.17, 15) is 9.59 Å². The highest BCUT2D eigenvalue weighted by Gasteiger charge is 2.04. The second-order valence-corrected chi connectivity index (χ2v) is 14.0. The molecule has 6 nitrogen and oxygen atoms in total. The molecule has 0 atom stereocenters. The molecule has 0 aliphatic heterocycles. The number of unbranched alkanes of at least 4 members (excludes halogenated alkanes) is 30. The summed E-state index contributed by atoms with van der Waals surface area (Å²) >= 11 is 0. The van der Waals surface area contributed by atoms with Crippen molar-refractivity contribution in [2.45, 2.75) is 239 Å². The number of nitrogens with zero attached hydrogens (tertiary/aromatic N) is 2. The fraction of sp³-hybridized carbons (Fsp3) is 0.902. The van der Waals surface area contributed by atoms with Gasteiger partial charge in [-0.2, -0.15) is 10.2 Å². The van der Waals surface area contributed by atoms with Crippen LogP contribution in [-0.4, -0.2) is 24.2 Å². The molecular weight excluding hydrogens is 580 g/mol. The quantitative estimate of drug-likeness (QED) is 0.0392. The van der Waals surface area contributed by atoms with Crippen LogP contribution in [0, 0.1) is 0 Å². The van der Waals surface area contributed by atoms with Crippen molar-refractivity contribution in [3.05, 3.63) is 0 Å². The number of amides is 2. The SMILES string of the molecule is CCCCCCCCCCCCCCCCC/C=N\NC(=O)CCCC(=O)N/N=C\CCCCCCCCCCCCCCCCC. The first kappa shape index (κ1) is 45.3. The third-order valence-electron chi connectivity index (χ3n) is 9.24. The Hall–Kier alpha value is -1.72. The van der Waals surface area contributed by atoms with Gasteiger partial charge in [0.25, 0.3) is 0 Å². The maximum atomic E-state index is 11.9. The molecule has 0 spiro atoms. The predicted octanol–water partition coefficient (Wildman–Crippen LogP) is 12.9. The fourth-order valence-electron chi connectivity index (χ4n) is 6.10. The third-order valence-corrected chi connectivity index (χ3v) is 9.24. The maximum Gasteiger partial charge on any atom is 0.240 e. The summed E-state index contributed by atoms with van der Waals surface area (Å²) in [6.45, 7) is 4.56. The van der Waals surface area contributed by atoms with Crippen molar-refractivity contribution in [2.24, 2.45) is 10.2 Å². The van der Waals surface area contributed by atoms with Crippen molar-refractivity contribution in [3.63, 3.8) is 0 Å². The molecule has 0 rings (SSSR count). The Kier molecular flexibility index (Phi) is 39.0. The van der Waals surface area contributed by atoms with Crippen molar-refractivity contribution in [2.75, 3.05) is 0 Å². The van der Waals surface area contributed by atoms with Crippen molar-refractivity contribution < 1.29 is 9.59 Å². The van der Waals surface area contributed by atoms with Gasteiger partial charge in [-0.15, -0.1) is 0 Å². The van der Waals surface area contributed by atoms with Crippen LogP contribution in [-0.2, 0) is 9.59 Å². The highest BCUT2D eigenvalue weighted by Crippen LogP contribution is 2.15. The first-order valence-corrected chi connectivity index (χ1v) is 20.8. The molecule has 2 amide bonds. The van der Waals surface area contributed by atoms with Crippen molar-refractivity contribution in [1.29, 1.82) is 0 Å². The summed E-state index contributed by atoms with van der Waals surface area (Å²) in [6, 6.07) is 0. The first-order valence-electron chi connectivity index (χ1n) is 20.8. The van der Waals surface area contributed by atoms with Crippen LogP contribution < -0.4 is 10.9 Å². The van der Waals surface area contributed by atoms with Gasteiger partial charge >= 0.3 is 0 Å². The van der Waals surface area contributed by atoms with E-state index in [0.29, 0.717) is 19.3 Å². The smallest absolute Gasteiger partial charge is 0.240 e. The second kappa shape index (κ2) is 40.5. The number of nitrogens with one attached hydrogen (secondary N) is 2. The zero-order chi connectivity index (χ0) is 34.1. The number of hydrogen-bond donors (Lipinski definition) is 2. The highest BCUT2D eigenvalue weighted by molar-refractivity contribution is 5.79. The molecule has 47 heavy (non-hydrogen) atoms. The van der Waals surface area contributed by atoms with Gasteiger partial charge in [-0.05, 0) is 32.1 Å². The number of hydrazone groups is 2. The summed E-state index contributed by atoms with van der Waals surface area (Å²) in [5, 5.41) is 8.11. The van der Waals surface area contributed by atoms with Crippen LogP contribution in [0.2, 0.25) is 0 Å². The lowest BCUT2D eigenvalue weighted by atomic mass is 10.0. The molecule has 6 heteroatoms. The van der Waals surface area contributed by atoms with E-state index in [-0.39, 0.29) is 11.8 Å². The number of hydrogen-bond acceptors (Lipinski definition) is 4. The molecule has 0 aliphatic carbocycles. The zero-order valence-corrected chi connectivity index (χ0v) is 31.6. The van der Waals surface area contributed by atoms with E-state index in [4.69, 9.17) is 0 Å². The zero-order valence-electron chi connectivity index (χ0n) is 31.6. The number of carbonyl (C=O) groups excluding carboxylic acids is 2. The maximum absolute atomic E-state index is 11.9. The molecule has 0 unspecified atom stereocenters. The van der Waals surface area contributed by atoms with Gasteiger partial charge in [-0.3, -0.25) is 9.59 Å².